The second-order valence-corrected chi connectivity index (χ2v) is 9.88. The fourth-order valence-corrected chi connectivity index (χ4v) is 6.06. The Balaban J connectivity index is 1.57. The molecule has 3 aromatic rings. The monoisotopic (exact) mass is 463 g/mol. The van der Waals surface area contributed by atoms with Gasteiger partial charge in [-0.25, -0.2) is 18.2 Å². The van der Waals surface area contributed by atoms with Gasteiger partial charge in [0.1, 0.15) is 17.3 Å². The highest BCUT2D eigenvalue weighted by Crippen LogP contribution is 2.30. The van der Waals surface area contributed by atoms with Gasteiger partial charge in [-0.1, -0.05) is 0 Å². The molecule has 1 saturated heterocycles. The van der Waals surface area contributed by atoms with Crippen molar-refractivity contribution in [2.75, 3.05) is 20.2 Å². The van der Waals surface area contributed by atoms with Crippen LogP contribution >= 0.6 is 11.3 Å². The van der Waals surface area contributed by atoms with Crippen LogP contribution in [0.25, 0.3) is 4.96 Å². The van der Waals surface area contributed by atoms with E-state index in [4.69, 9.17) is 9.47 Å². The van der Waals surface area contributed by atoms with Crippen molar-refractivity contribution < 1.29 is 22.7 Å². The number of esters is 1. The first-order valence-corrected chi connectivity index (χ1v) is 12.0. The fourth-order valence-electron chi connectivity index (χ4n) is 3.47. The zero-order valence-electron chi connectivity index (χ0n) is 17.0. The van der Waals surface area contributed by atoms with E-state index >= 15 is 0 Å². The second kappa shape index (κ2) is 8.40. The Kier molecular flexibility index (Phi) is 5.82. The van der Waals surface area contributed by atoms with Crippen molar-refractivity contribution in [3.8, 4) is 5.75 Å². The van der Waals surface area contributed by atoms with Gasteiger partial charge in [-0.3, -0.25) is 9.20 Å². The summed E-state index contributed by atoms with van der Waals surface area (Å²) in [6.45, 7) is 2.48. The largest absolute Gasteiger partial charge is 0.495 e. The lowest BCUT2D eigenvalue weighted by Crippen LogP contribution is -2.28. The number of carbonyl (C=O) groups excluding carboxylic acids is 1. The summed E-state index contributed by atoms with van der Waals surface area (Å²) < 4.78 is 39.3. The van der Waals surface area contributed by atoms with Gasteiger partial charge in [-0.05, 0) is 38.0 Å². The number of hydrogen-bond donors (Lipinski definition) is 0. The maximum atomic E-state index is 13.0. The molecule has 1 fully saturated rings. The molecule has 164 valence electrons. The average molecular weight is 464 g/mol. The summed E-state index contributed by atoms with van der Waals surface area (Å²) in [7, 11) is -2.41. The van der Waals surface area contributed by atoms with Crippen LogP contribution in [0.4, 0.5) is 0 Å². The summed E-state index contributed by atoms with van der Waals surface area (Å²) in [5.74, 6) is -0.554. The van der Waals surface area contributed by atoms with Gasteiger partial charge in [-0.15, -0.1) is 11.3 Å². The number of rotatable bonds is 6. The van der Waals surface area contributed by atoms with Crippen molar-refractivity contribution in [2.45, 2.75) is 31.3 Å². The quantitative estimate of drug-likeness (QED) is 0.516. The number of aromatic nitrogens is 2. The van der Waals surface area contributed by atoms with Crippen LogP contribution in [-0.4, -0.2) is 48.3 Å². The summed E-state index contributed by atoms with van der Waals surface area (Å²) in [6, 6.07) is 5.46. The molecule has 0 unspecified atom stereocenters. The number of ether oxygens (including phenoxy) is 2. The molecule has 9 nitrogen and oxygen atoms in total. The molecule has 0 radical (unpaired) electrons. The molecule has 0 bridgehead atoms. The van der Waals surface area contributed by atoms with Gasteiger partial charge >= 0.3 is 5.97 Å². The van der Waals surface area contributed by atoms with Crippen LogP contribution in [0.15, 0.2) is 39.3 Å². The summed E-state index contributed by atoms with van der Waals surface area (Å²) >= 11 is 1.32. The highest BCUT2D eigenvalue weighted by Gasteiger charge is 2.30. The molecular formula is C20H21N3O6S2. The first-order valence-electron chi connectivity index (χ1n) is 9.63. The van der Waals surface area contributed by atoms with Crippen LogP contribution in [0.3, 0.4) is 0 Å². The van der Waals surface area contributed by atoms with Crippen molar-refractivity contribution >= 4 is 32.3 Å². The molecule has 0 N–H and O–H groups in total. The smallest absolute Gasteiger partial charge is 0.338 e. The third kappa shape index (κ3) is 4.08. The fraction of sp³-hybridized carbons (Fsp3) is 0.350. The normalized spacial score (nSPS) is 14.8. The molecule has 0 aliphatic carbocycles. The van der Waals surface area contributed by atoms with Crippen molar-refractivity contribution in [1.29, 1.82) is 0 Å². The van der Waals surface area contributed by atoms with E-state index in [0.29, 0.717) is 23.7 Å². The van der Waals surface area contributed by atoms with E-state index in [1.807, 2.05) is 12.3 Å². The summed E-state index contributed by atoms with van der Waals surface area (Å²) in [6.07, 6.45) is 1.59. The number of thiazole rings is 1. The number of methoxy groups -OCH3 is 1. The van der Waals surface area contributed by atoms with E-state index < -0.39 is 16.0 Å². The maximum absolute atomic E-state index is 13.0. The van der Waals surface area contributed by atoms with E-state index in [9.17, 15) is 18.0 Å². The Morgan fingerprint density at radius 1 is 1.23 bits per heavy atom. The molecule has 0 saturated carbocycles. The minimum Gasteiger partial charge on any atom is -0.495 e. The second-order valence-electron chi connectivity index (χ2n) is 7.13. The average Bonchev–Trinajstić information content (AvgIpc) is 3.42. The molecule has 0 amide bonds. The van der Waals surface area contributed by atoms with E-state index in [0.717, 1.165) is 18.5 Å². The first-order chi connectivity index (χ1) is 14.8. The number of sulfonamides is 1. The minimum absolute atomic E-state index is 0.0711. The molecular weight excluding hydrogens is 442 g/mol. The highest BCUT2D eigenvalue weighted by molar-refractivity contribution is 7.89. The van der Waals surface area contributed by atoms with Gasteiger partial charge in [0.25, 0.3) is 5.56 Å². The Bertz CT molecular complexity index is 1310. The summed E-state index contributed by atoms with van der Waals surface area (Å²) in [5.41, 5.74) is 0.922. The van der Waals surface area contributed by atoms with Crippen LogP contribution in [0, 0.1) is 6.92 Å². The Hall–Kier alpha value is -2.76. The van der Waals surface area contributed by atoms with Crippen molar-refractivity contribution in [2.24, 2.45) is 0 Å². The lowest BCUT2D eigenvalue weighted by molar-refractivity contribution is 0.0467. The topological polar surface area (TPSA) is 107 Å². The van der Waals surface area contributed by atoms with Crippen LogP contribution in [0.1, 0.15) is 34.6 Å². The van der Waals surface area contributed by atoms with Gasteiger partial charge in [0.15, 0.2) is 4.96 Å². The molecule has 2 aromatic heterocycles. The zero-order valence-corrected chi connectivity index (χ0v) is 18.7. The van der Waals surface area contributed by atoms with Gasteiger partial charge < -0.3 is 9.47 Å². The predicted octanol–water partition coefficient (Wildman–Crippen LogP) is 2.21. The first kappa shape index (κ1) is 21.5. The van der Waals surface area contributed by atoms with Crippen molar-refractivity contribution in [3.63, 3.8) is 0 Å². The van der Waals surface area contributed by atoms with E-state index in [-0.39, 0.29) is 28.4 Å². The maximum Gasteiger partial charge on any atom is 0.338 e. The van der Waals surface area contributed by atoms with Crippen LogP contribution in [0.2, 0.25) is 0 Å². The minimum atomic E-state index is -3.79. The van der Waals surface area contributed by atoms with E-state index in [1.165, 1.54) is 51.4 Å². The molecule has 1 aromatic carbocycles. The molecule has 0 spiro atoms. The number of carbonyl (C=O) groups is 1. The number of nitrogens with zero attached hydrogens (tertiary/aromatic N) is 3. The Morgan fingerprint density at radius 3 is 2.68 bits per heavy atom. The molecule has 1 aliphatic heterocycles. The van der Waals surface area contributed by atoms with Crippen LogP contribution < -0.4 is 10.3 Å². The molecule has 11 heteroatoms. The number of benzene rings is 1. The SMILES string of the molecule is COc1ccc(C(=O)OCc2cc(=O)n3c(C)csc3n2)cc1S(=O)(=O)N1CCCC1. The highest BCUT2D eigenvalue weighted by atomic mass is 32.2. The van der Waals surface area contributed by atoms with Gasteiger partial charge in [0.05, 0.1) is 18.4 Å². The predicted molar refractivity (Wildman–Crippen MR) is 114 cm³/mol. The van der Waals surface area contributed by atoms with Gasteiger partial charge in [0, 0.05) is 30.2 Å². The number of fused-ring (bicyclic) bond motifs is 1. The van der Waals surface area contributed by atoms with Crippen molar-refractivity contribution in [1.82, 2.24) is 13.7 Å². The lowest BCUT2D eigenvalue weighted by Gasteiger charge is -2.18. The van der Waals surface area contributed by atoms with Gasteiger partial charge in [0.2, 0.25) is 10.0 Å². The number of hydrogen-bond acceptors (Lipinski definition) is 8. The van der Waals surface area contributed by atoms with Gasteiger partial charge in [-0.2, -0.15) is 4.31 Å². The van der Waals surface area contributed by atoms with E-state index in [1.54, 1.807) is 0 Å². The molecule has 0 atom stereocenters. The molecule has 3 heterocycles. The Labute approximate surface area is 182 Å². The van der Waals surface area contributed by atoms with Crippen molar-refractivity contribution in [3.05, 3.63) is 57.0 Å². The summed E-state index contributed by atoms with van der Waals surface area (Å²) in [4.78, 5) is 29.6. The third-order valence-electron chi connectivity index (χ3n) is 5.06. The number of aryl methyl sites for hydroxylation is 1. The molecule has 4 rings (SSSR count). The van der Waals surface area contributed by atoms with Crippen LogP contribution in [0.5, 0.6) is 5.75 Å². The van der Waals surface area contributed by atoms with Crippen LogP contribution in [-0.2, 0) is 21.4 Å². The Morgan fingerprint density at radius 2 is 1.97 bits per heavy atom. The zero-order chi connectivity index (χ0) is 22.2. The lowest BCUT2D eigenvalue weighted by atomic mass is 10.2. The summed E-state index contributed by atoms with van der Waals surface area (Å²) in [5, 5.41) is 1.82. The molecule has 31 heavy (non-hydrogen) atoms. The molecule has 1 aliphatic rings. The standard InChI is InChI=1S/C20H21N3O6S2/c1-13-12-30-20-21-15(10-18(24)23(13)20)11-29-19(25)14-5-6-16(28-2)17(9-14)31(26,27)22-7-3-4-8-22/h5-6,9-10,12H,3-4,7-8,11H2,1-2H3. The van der Waals surface area contributed by atoms with E-state index in [2.05, 4.69) is 4.98 Å². The third-order valence-corrected chi connectivity index (χ3v) is 7.93.